The van der Waals surface area contributed by atoms with Crippen LogP contribution in [-0.4, -0.2) is 11.0 Å². The Morgan fingerprint density at radius 1 is 1.33 bits per heavy atom. The van der Waals surface area contributed by atoms with Gasteiger partial charge in [-0.05, 0) is 19.1 Å². The summed E-state index contributed by atoms with van der Waals surface area (Å²) in [6, 6.07) is 5.81. The van der Waals surface area contributed by atoms with Crippen LogP contribution in [0, 0.1) is 12.7 Å². The number of aromatic amines is 1. The lowest BCUT2D eigenvalue weighted by atomic mass is 9.86. The zero-order valence-corrected chi connectivity index (χ0v) is 11.8. The first-order valence-corrected chi connectivity index (χ1v) is 6.73. The van der Waals surface area contributed by atoms with Crippen LogP contribution >= 0.6 is 11.6 Å². The highest BCUT2D eigenvalue weighted by atomic mass is 35.5. The average molecular weight is 308 g/mol. The van der Waals surface area contributed by atoms with Crippen molar-refractivity contribution in [3.05, 3.63) is 62.3 Å². The molecule has 2 aromatic rings. The van der Waals surface area contributed by atoms with Gasteiger partial charge in [-0.2, -0.15) is 0 Å². The number of H-pyrrole nitrogens is 1. The molecule has 21 heavy (non-hydrogen) atoms. The lowest BCUT2D eigenvalue weighted by Crippen LogP contribution is -2.29. The standard InChI is InChI=1S/C15H11ClFNO3/c1-7-5-11-14(15(20)18-7)8(6-12(19)21-11)13-9(16)3-2-4-10(13)17/h2-5,8H,6H2,1H3,(H,18,20). The quantitative estimate of drug-likeness (QED) is 0.824. The monoisotopic (exact) mass is 307 g/mol. The Hall–Kier alpha value is -2.14. The average Bonchev–Trinajstić information content (AvgIpc) is 2.36. The molecular formula is C15H11ClFNO3. The maximum atomic E-state index is 14.1. The predicted molar refractivity (Wildman–Crippen MR) is 75.3 cm³/mol. The van der Waals surface area contributed by atoms with Crippen molar-refractivity contribution >= 4 is 17.6 Å². The van der Waals surface area contributed by atoms with E-state index in [1.807, 2.05) is 0 Å². The summed E-state index contributed by atoms with van der Waals surface area (Å²) in [5.41, 5.74) is 0.535. The van der Waals surface area contributed by atoms with Crippen LogP contribution < -0.4 is 10.3 Å². The predicted octanol–water partition coefficient (Wildman–Crippen LogP) is 2.92. The first-order valence-electron chi connectivity index (χ1n) is 6.35. The van der Waals surface area contributed by atoms with E-state index in [0.29, 0.717) is 5.69 Å². The molecule has 0 amide bonds. The molecule has 1 atom stereocenters. The first-order chi connectivity index (χ1) is 9.97. The third-order valence-electron chi connectivity index (χ3n) is 3.46. The Balaban J connectivity index is 2.27. The molecule has 0 spiro atoms. The van der Waals surface area contributed by atoms with E-state index in [4.69, 9.17) is 16.3 Å². The number of esters is 1. The minimum Gasteiger partial charge on any atom is -0.426 e. The van der Waals surface area contributed by atoms with Crippen molar-refractivity contribution in [1.29, 1.82) is 0 Å². The van der Waals surface area contributed by atoms with Crippen LogP contribution in [0.5, 0.6) is 5.75 Å². The van der Waals surface area contributed by atoms with Gasteiger partial charge in [0.1, 0.15) is 11.6 Å². The number of hydrogen-bond donors (Lipinski definition) is 1. The Labute approximate surface area is 124 Å². The minimum absolute atomic E-state index is 0.125. The van der Waals surface area contributed by atoms with Gasteiger partial charge in [0.25, 0.3) is 5.56 Å². The van der Waals surface area contributed by atoms with E-state index in [9.17, 15) is 14.0 Å². The highest BCUT2D eigenvalue weighted by Crippen LogP contribution is 2.40. The van der Waals surface area contributed by atoms with Crippen LogP contribution in [0.3, 0.4) is 0 Å². The maximum Gasteiger partial charge on any atom is 0.312 e. The van der Waals surface area contributed by atoms with Gasteiger partial charge in [-0.3, -0.25) is 9.59 Å². The van der Waals surface area contributed by atoms with E-state index in [1.54, 1.807) is 13.0 Å². The van der Waals surface area contributed by atoms with E-state index >= 15 is 0 Å². The number of carbonyl (C=O) groups excluding carboxylic acids is 1. The fourth-order valence-electron chi connectivity index (χ4n) is 2.61. The number of benzene rings is 1. The summed E-state index contributed by atoms with van der Waals surface area (Å²) in [6.07, 6.45) is -0.125. The summed E-state index contributed by atoms with van der Waals surface area (Å²) in [5, 5.41) is 0.181. The molecule has 6 heteroatoms. The van der Waals surface area contributed by atoms with Crippen LogP contribution in [0.4, 0.5) is 4.39 Å². The molecule has 0 bridgehead atoms. The first kappa shape index (κ1) is 13.8. The number of rotatable bonds is 1. The maximum absolute atomic E-state index is 14.1. The number of aromatic nitrogens is 1. The number of nitrogens with one attached hydrogen (secondary N) is 1. The Morgan fingerprint density at radius 2 is 2.10 bits per heavy atom. The van der Waals surface area contributed by atoms with Gasteiger partial charge in [0.15, 0.2) is 0 Å². The number of aryl methyl sites for hydroxylation is 1. The Kier molecular flexibility index (Phi) is 3.29. The summed E-state index contributed by atoms with van der Waals surface area (Å²) in [7, 11) is 0. The summed E-state index contributed by atoms with van der Waals surface area (Å²) in [6.45, 7) is 1.68. The van der Waals surface area contributed by atoms with Gasteiger partial charge >= 0.3 is 5.97 Å². The van der Waals surface area contributed by atoms with Crippen molar-refractivity contribution in [2.45, 2.75) is 19.3 Å². The smallest absolute Gasteiger partial charge is 0.312 e. The number of ether oxygens (including phenoxy) is 1. The molecule has 2 heterocycles. The molecule has 0 aliphatic carbocycles. The third kappa shape index (κ3) is 2.34. The SMILES string of the molecule is Cc1cc2c(c(=O)[nH]1)C(c1c(F)cccc1Cl)CC(=O)O2. The molecule has 1 aromatic heterocycles. The van der Waals surface area contributed by atoms with Gasteiger partial charge in [0.05, 0.1) is 12.0 Å². The second-order valence-corrected chi connectivity index (χ2v) is 5.33. The van der Waals surface area contributed by atoms with Crippen molar-refractivity contribution in [3.8, 4) is 5.75 Å². The molecule has 1 aliphatic heterocycles. The molecule has 0 saturated carbocycles. The molecule has 4 nitrogen and oxygen atoms in total. The number of hydrogen-bond acceptors (Lipinski definition) is 3. The molecule has 0 saturated heterocycles. The highest BCUT2D eigenvalue weighted by molar-refractivity contribution is 6.31. The van der Waals surface area contributed by atoms with Gasteiger partial charge in [0, 0.05) is 28.3 Å². The second kappa shape index (κ2) is 5.00. The van der Waals surface area contributed by atoms with E-state index in [0.717, 1.165) is 0 Å². The molecule has 1 aliphatic rings. The third-order valence-corrected chi connectivity index (χ3v) is 3.79. The minimum atomic E-state index is -0.751. The molecule has 3 rings (SSSR count). The molecule has 108 valence electrons. The van der Waals surface area contributed by atoms with Gasteiger partial charge in [-0.15, -0.1) is 0 Å². The van der Waals surface area contributed by atoms with Crippen LogP contribution in [0.2, 0.25) is 5.02 Å². The zero-order valence-electron chi connectivity index (χ0n) is 11.1. The summed E-state index contributed by atoms with van der Waals surface area (Å²) >= 11 is 6.06. The number of halogens is 2. The van der Waals surface area contributed by atoms with Gasteiger partial charge < -0.3 is 9.72 Å². The fraction of sp³-hybridized carbons (Fsp3) is 0.200. The van der Waals surface area contributed by atoms with E-state index in [-0.39, 0.29) is 28.3 Å². The van der Waals surface area contributed by atoms with Crippen molar-refractivity contribution in [3.63, 3.8) is 0 Å². The summed E-state index contributed by atoms with van der Waals surface area (Å²) in [5.74, 6) is -1.65. The molecule has 0 radical (unpaired) electrons. The molecule has 1 N–H and O–H groups in total. The topological polar surface area (TPSA) is 59.2 Å². The molecule has 0 fully saturated rings. The Morgan fingerprint density at radius 3 is 2.81 bits per heavy atom. The number of fused-ring (bicyclic) bond motifs is 1. The van der Waals surface area contributed by atoms with E-state index in [2.05, 4.69) is 4.98 Å². The molecular weight excluding hydrogens is 297 g/mol. The van der Waals surface area contributed by atoms with Gasteiger partial charge in [-0.1, -0.05) is 17.7 Å². The van der Waals surface area contributed by atoms with Crippen LogP contribution in [0.15, 0.2) is 29.1 Å². The highest BCUT2D eigenvalue weighted by Gasteiger charge is 2.34. The van der Waals surface area contributed by atoms with Crippen molar-refractivity contribution in [1.82, 2.24) is 4.98 Å². The molecule has 1 unspecified atom stereocenters. The van der Waals surface area contributed by atoms with Crippen LogP contribution in [0.1, 0.15) is 29.2 Å². The van der Waals surface area contributed by atoms with Crippen molar-refractivity contribution in [2.75, 3.05) is 0 Å². The lowest BCUT2D eigenvalue weighted by molar-refractivity contribution is -0.135. The molecule has 1 aromatic carbocycles. The Bertz CT molecular complexity index is 780. The largest absolute Gasteiger partial charge is 0.426 e. The van der Waals surface area contributed by atoms with Gasteiger partial charge in [-0.25, -0.2) is 4.39 Å². The fourth-order valence-corrected chi connectivity index (χ4v) is 2.90. The lowest BCUT2D eigenvalue weighted by Gasteiger charge is -2.25. The number of pyridine rings is 1. The summed E-state index contributed by atoms with van der Waals surface area (Å²) in [4.78, 5) is 26.6. The van der Waals surface area contributed by atoms with E-state index < -0.39 is 23.3 Å². The van der Waals surface area contributed by atoms with E-state index in [1.165, 1.54) is 18.2 Å². The van der Waals surface area contributed by atoms with Crippen LogP contribution in [0.25, 0.3) is 0 Å². The zero-order chi connectivity index (χ0) is 15.1. The van der Waals surface area contributed by atoms with Crippen molar-refractivity contribution < 1.29 is 13.9 Å². The second-order valence-electron chi connectivity index (χ2n) is 4.93. The normalized spacial score (nSPS) is 17.3. The number of carbonyl (C=O) groups is 1. The summed E-state index contributed by atoms with van der Waals surface area (Å²) < 4.78 is 19.2. The van der Waals surface area contributed by atoms with Crippen LogP contribution in [-0.2, 0) is 4.79 Å². The van der Waals surface area contributed by atoms with Gasteiger partial charge in [0.2, 0.25) is 0 Å². The van der Waals surface area contributed by atoms with Crippen molar-refractivity contribution in [2.24, 2.45) is 0 Å².